The van der Waals surface area contributed by atoms with Gasteiger partial charge >= 0.3 is 0 Å². The quantitative estimate of drug-likeness (QED) is 0.519. The van der Waals surface area contributed by atoms with E-state index in [1.807, 2.05) is 0 Å². The molecule has 0 aromatic rings. The standard InChI is InChI=1S/C7H13N3O2/c1-5(11)10-3-6(4-10)9-7(12)2-8/h6H,2-4,8H2,1H3,(H,9,12). The van der Waals surface area contributed by atoms with Crippen LogP contribution in [-0.2, 0) is 9.59 Å². The van der Waals surface area contributed by atoms with Gasteiger partial charge in [0.2, 0.25) is 11.8 Å². The largest absolute Gasteiger partial charge is 0.349 e. The maximum Gasteiger partial charge on any atom is 0.234 e. The van der Waals surface area contributed by atoms with E-state index in [-0.39, 0.29) is 24.4 Å². The van der Waals surface area contributed by atoms with Crippen molar-refractivity contribution in [1.82, 2.24) is 10.2 Å². The Morgan fingerprint density at radius 3 is 2.58 bits per heavy atom. The van der Waals surface area contributed by atoms with Gasteiger partial charge in [-0.2, -0.15) is 0 Å². The summed E-state index contributed by atoms with van der Waals surface area (Å²) in [6.07, 6.45) is 0. The summed E-state index contributed by atoms with van der Waals surface area (Å²) in [5, 5.41) is 2.69. The molecule has 0 unspecified atom stereocenters. The molecule has 5 nitrogen and oxygen atoms in total. The normalized spacial score (nSPS) is 17.0. The first-order valence-corrected chi connectivity index (χ1v) is 3.88. The van der Waals surface area contributed by atoms with E-state index < -0.39 is 0 Å². The molecule has 3 N–H and O–H groups in total. The number of carbonyl (C=O) groups is 2. The number of nitrogens with zero attached hydrogens (tertiary/aromatic N) is 1. The molecule has 1 saturated heterocycles. The first-order valence-electron chi connectivity index (χ1n) is 3.88. The van der Waals surface area contributed by atoms with Gasteiger partial charge in [0, 0.05) is 20.0 Å². The predicted octanol–water partition coefficient (Wildman–Crippen LogP) is -1.71. The summed E-state index contributed by atoms with van der Waals surface area (Å²) in [4.78, 5) is 23.1. The van der Waals surface area contributed by atoms with E-state index in [1.54, 1.807) is 4.90 Å². The number of rotatable bonds is 2. The van der Waals surface area contributed by atoms with Crippen LogP contribution in [0.15, 0.2) is 0 Å². The Bertz CT molecular complexity index is 199. The van der Waals surface area contributed by atoms with Crippen molar-refractivity contribution in [2.75, 3.05) is 19.6 Å². The minimum Gasteiger partial charge on any atom is -0.349 e. The van der Waals surface area contributed by atoms with Gasteiger partial charge in [-0.05, 0) is 0 Å². The Balaban J connectivity index is 2.17. The first-order chi connectivity index (χ1) is 5.63. The van der Waals surface area contributed by atoms with Gasteiger partial charge < -0.3 is 16.0 Å². The van der Waals surface area contributed by atoms with E-state index in [9.17, 15) is 9.59 Å². The number of hydrogen-bond acceptors (Lipinski definition) is 3. The van der Waals surface area contributed by atoms with Crippen LogP contribution in [0.25, 0.3) is 0 Å². The average molecular weight is 171 g/mol. The van der Waals surface area contributed by atoms with Crippen LogP contribution < -0.4 is 11.1 Å². The molecule has 2 amide bonds. The number of nitrogens with two attached hydrogens (primary N) is 1. The molecule has 0 aromatic carbocycles. The second-order valence-electron chi connectivity index (χ2n) is 2.89. The van der Waals surface area contributed by atoms with Crippen molar-refractivity contribution in [2.24, 2.45) is 5.73 Å². The molecule has 12 heavy (non-hydrogen) atoms. The van der Waals surface area contributed by atoms with Gasteiger partial charge in [-0.3, -0.25) is 9.59 Å². The highest BCUT2D eigenvalue weighted by molar-refractivity contribution is 5.79. The lowest BCUT2D eigenvalue weighted by Crippen LogP contribution is -2.61. The summed E-state index contributed by atoms with van der Waals surface area (Å²) in [7, 11) is 0. The maximum atomic E-state index is 10.8. The molecular weight excluding hydrogens is 158 g/mol. The smallest absolute Gasteiger partial charge is 0.234 e. The summed E-state index contributed by atoms with van der Waals surface area (Å²) in [6, 6.07) is 0.102. The molecule has 1 heterocycles. The average Bonchev–Trinajstić information content (AvgIpc) is 1.94. The number of likely N-dealkylation sites (tertiary alicyclic amines) is 1. The number of carbonyl (C=O) groups excluding carboxylic acids is 2. The zero-order valence-corrected chi connectivity index (χ0v) is 7.04. The third-order valence-corrected chi connectivity index (χ3v) is 1.88. The Labute approximate surface area is 70.9 Å². The molecule has 68 valence electrons. The highest BCUT2D eigenvalue weighted by atomic mass is 16.2. The van der Waals surface area contributed by atoms with Crippen molar-refractivity contribution >= 4 is 11.8 Å². The maximum absolute atomic E-state index is 10.8. The Morgan fingerprint density at radius 1 is 1.58 bits per heavy atom. The van der Waals surface area contributed by atoms with Crippen molar-refractivity contribution in [3.8, 4) is 0 Å². The third kappa shape index (κ3) is 1.94. The van der Waals surface area contributed by atoms with Crippen molar-refractivity contribution in [1.29, 1.82) is 0 Å². The fourth-order valence-electron chi connectivity index (χ4n) is 1.11. The van der Waals surface area contributed by atoms with E-state index in [0.29, 0.717) is 13.1 Å². The van der Waals surface area contributed by atoms with Gasteiger partial charge in [0.25, 0.3) is 0 Å². The summed E-state index contributed by atoms with van der Waals surface area (Å²) >= 11 is 0. The van der Waals surface area contributed by atoms with E-state index >= 15 is 0 Å². The highest BCUT2D eigenvalue weighted by Gasteiger charge is 2.28. The van der Waals surface area contributed by atoms with Crippen LogP contribution in [-0.4, -0.2) is 42.4 Å². The molecule has 5 heteroatoms. The molecule has 1 aliphatic heterocycles. The van der Waals surface area contributed by atoms with Crippen LogP contribution in [0.5, 0.6) is 0 Å². The van der Waals surface area contributed by atoms with Crippen LogP contribution >= 0.6 is 0 Å². The minimum atomic E-state index is -0.164. The van der Waals surface area contributed by atoms with E-state index in [0.717, 1.165) is 0 Å². The third-order valence-electron chi connectivity index (χ3n) is 1.88. The zero-order chi connectivity index (χ0) is 9.14. The first kappa shape index (κ1) is 8.99. The number of nitrogens with one attached hydrogen (secondary N) is 1. The second kappa shape index (κ2) is 3.53. The van der Waals surface area contributed by atoms with Crippen molar-refractivity contribution in [2.45, 2.75) is 13.0 Å². The van der Waals surface area contributed by atoms with Crippen molar-refractivity contribution in [3.05, 3.63) is 0 Å². The molecular formula is C7H13N3O2. The zero-order valence-electron chi connectivity index (χ0n) is 7.04. The molecule has 1 aliphatic rings. The van der Waals surface area contributed by atoms with Crippen LogP contribution in [0.2, 0.25) is 0 Å². The molecule has 0 saturated carbocycles. The van der Waals surface area contributed by atoms with E-state index in [2.05, 4.69) is 5.32 Å². The fourth-order valence-corrected chi connectivity index (χ4v) is 1.11. The van der Waals surface area contributed by atoms with Gasteiger partial charge in [-0.15, -0.1) is 0 Å². The Morgan fingerprint density at radius 2 is 2.17 bits per heavy atom. The summed E-state index contributed by atoms with van der Waals surface area (Å²) < 4.78 is 0. The van der Waals surface area contributed by atoms with Crippen molar-refractivity contribution in [3.63, 3.8) is 0 Å². The molecule has 0 aliphatic carbocycles. The topological polar surface area (TPSA) is 75.4 Å². The van der Waals surface area contributed by atoms with Crippen LogP contribution in [0.3, 0.4) is 0 Å². The Hall–Kier alpha value is -1.10. The fraction of sp³-hybridized carbons (Fsp3) is 0.714. The van der Waals surface area contributed by atoms with Gasteiger partial charge in [-0.25, -0.2) is 0 Å². The molecule has 0 aromatic heterocycles. The van der Waals surface area contributed by atoms with Crippen LogP contribution in [0.4, 0.5) is 0 Å². The number of hydrogen-bond donors (Lipinski definition) is 2. The van der Waals surface area contributed by atoms with Gasteiger partial charge in [0.15, 0.2) is 0 Å². The van der Waals surface area contributed by atoms with Gasteiger partial charge in [0.1, 0.15) is 0 Å². The number of amides is 2. The monoisotopic (exact) mass is 171 g/mol. The molecule has 0 spiro atoms. The molecule has 1 fully saturated rings. The van der Waals surface area contributed by atoms with Crippen LogP contribution in [0, 0.1) is 0 Å². The summed E-state index contributed by atoms with van der Waals surface area (Å²) in [6.45, 7) is 2.75. The SMILES string of the molecule is CC(=O)N1CC(NC(=O)CN)C1. The van der Waals surface area contributed by atoms with E-state index in [1.165, 1.54) is 6.92 Å². The second-order valence-corrected chi connectivity index (χ2v) is 2.89. The molecule has 0 radical (unpaired) electrons. The molecule has 0 bridgehead atoms. The van der Waals surface area contributed by atoms with Crippen molar-refractivity contribution < 1.29 is 9.59 Å². The van der Waals surface area contributed by atoms with Crippen LogP contribution in [0.1, 0.15) is 6.92 Å². The lowest BCUT2D eigenvalue weighted by molar-refractivity contribution is -0.135. The predicted molar refractivity (Wildman–Crippen MR) is 43.2 cm³/mol. The minimum absolute atomic E-state index is 0.0105. The van der Waals surface area contributed by atoms with Gasteiger partial charge in [-0.1, -0.05) is 0 Å². The lowest BCUT2D eigenvalue weighted by Gasteiger charge is -2.38. The Kier molecular flexibility index (Phi) is 2.65. The van der Waals surface area contributed by atoms with Gasteiger partial charge in [0.05, 0.1) is 12.6 Å². The molecule has 0 atom stereocenters. The van der Waals surface area contributed by atoms with E-state index in [4.69, 9.17) is 5.73 Å². The summed E-state index contributed by atoms with van der Waals surface area (Å²) in [5.74, 6) is -0.114. The molecule has 1 rings (SSSR count). The lowest BCUT2D eigenvalue weighted by atomic mass is 10.1. The summed E-state index contributed by atoms with van der Waals surface area (Å²) in [5.41, 5.74) is 5.10. The highest BCUT2D eigenvalue weighted by Crippen LogP contribution is 2.06.